The summed E-state index contributed by atoms with van der Waals surface area (Å²) in [6, 6.07) is 0.345. The maximum atomic E-state index is 12.1. The van der Waals surface area contributed by atoms with Gasteiger partial charge >= 0.3 is 0 Å². The molecule has 0 aromatic carbocycles. The maximum Gasteiger partial charge on any atom is 0.293 e. The zero-order valence-corrected chi connectivity index (χ0v) is 11.5. The topological polar surface area (TPSA) is 67.2 Å². The van der Waals surface area contributed by atoms with Gasteiger partial charge in [0.2, 0.25) is 5.91 Å². The largest absolute Gasteiger partial charge is 0.365 e. The summed E-state index contributed by atoms with van der Waals surface area (Å²) in [5, 5.41) is 3.00. The molecule has 1 aliphatic carbocycles. The fourth-order valence-electron chi connectivity index (χ4n) is 2.60. The van der Waals surface area contributed by atoms with Crippen molar-refractivity contribution in [2.45, 2.75) is 38.1 Å². The fourth-order valence-corrected chi connectivity index (χ4v) is 2.60. The van der Waals surface area contributed by atoms with Gasteiger partial charge in [0.1, 0.15) is 0 Å². The van der Waals surface area contributed by atoms with E-state index in [-0.39, 0.29) is 11.5 Å². The van der Waals surface area contributed by atoms with E-state index in [1.165, 1.54) is 0 Å². The van der Waals surface area contributed by atoms with E-state index in [4.69, 9.17) is 0 Å². The Morgan fingerprint density at radius 2 is 2.10 bits per heavy atom. The van der Waals surface area contributed by atoms with E-state index in [0.29, 0.717) is 24.8 Å². The quantitative estimate of drug-likeness (QED) is 0.871. The van der Waals surface area contributed by atoms with E-state index < -0.39 is 0 Å². The number of anilines is 1. The summed E-state index contributed by atoms with van der Waals surface area (Å²) in [4.78, 5) is 30.0. The van der Waals surface area contributed by atoms with Gasteiger partial charge in [0.15, 0.2) is 5.82 Å². The third kappa shape index (κ3) is 2.84. The van der Waals surface area contributed by atoms with Gasteiger partial charge < -0.3 is 14.8 Å². The van der Waals surface area contributed by atoms with Crippen molar-refractivity contribution in [3.8, 4) is 0 Å². The first-order valence-electron chi connectivity index (χ1n) is 7.34. The van der Waals surface area contributed by atoms with Crippen molar-refractivity contribution in [1.29, 1.82) is 0 Å². The highest BCUT2D eigenvalue weighted by molar-refractivity contribution is 5.76. The predicted molar refractivity (Wildman–Crippen MR) is 75.7 cm³/mol. The van der Waals surface area contributed by atoms with Crippen LogP contribution in [0.1, 0.15) is 38.1 Å². The lowest BCUT2D eigenvalue weighted by atomic mass is 10.3. The Morgan fingerprint density at radius 3 is 2.80 bits per heavy atom. The van der Waals surface area contributed by atoms with Crippen molar-refractivity contribution < 1.29 is 4.79 Å². The number of nitrogens with zero attached hydrogens (tertiary/aromatic N) is 3. The average molecular weight is 276 g/mol. The Balaban J connectivity index is 1.54. The van der Waals surface area contributed by atoms with Crippen LogP contribution < -0.4 is 10.9 Å². The Bertz CT molecular complexity index is 544. The molecular weight excluding hydrogens is 256 g/mol. The van der Waals surface area contributed by atoms with Gasteiger partial charge in [0.05, 0.1) is 0 Å². The van der Waals surface area contributed by atoms with Crippen LogP contribution in [0.2, 0.25) is 0 Å². The molecular formula is C14H20N4O2. The molecule has 1 saturated heterocycles. The van der Waals surface area contributed by atoms with Crippen molar-refractivity contribution in [2.75, 3.05) is 25.0 Å². The molecule has 0 radical (unpaired) electrons. The minimum Gasteiger partial charge on any atom is -0.365 e. The fraction of sp³-hybridized carbons (Fsp3) is 0.643. The molecule has 0 bridgehead atoms. The highest BCUT2D eigenvalue weighted by Crippen LogP contribution is 2.33. The first-order chi connectivity index (χ1) is 9.75. The van der Waals surface area contributed by atoms with E-state index in [9.17, 15) is 9.59 Å². The first-order valence-corrected chi connectivity index (χ1v) is 7.34. The van der Waals surface area contributed by atoms with E-state index >= 15 is 0 Å². The van der Waals surface area contributed by atoms with Crippen LogP contribution in [0.4, 0.5) is 5.82 Å². The third-order valence-electron chi connectivity index (χ3n) is 3.90. The van der Waals surface area contributed by atoms with Crippen molar-refractivity contribution in [3.05, 3.63) is 22.7 Å². The summed E-state index contributed by atoms with van der Waals surface area (Å²) in [6.07, 6.45) is 8.13. The van der Waals surface area contributed by atoms with E-state index in [2.05, 4.69) is 10.3 Å². The van der Waals surface area contributed by atoms with Gasteiger partial charge in [-0.1, -0.05) is 0 Å². The summed E-state index contributed by atoms with van der Waals surface area (Å²) in [5.41, 5.74) is -0.0800. The summed E-state index contributed by atoms with van der Waals surface area (Å²) in [7, 11) is 0. The molecule has 3 rings (SSSR count). The zero-order chi connectivity index (χ0) is 13.9. The molecule has 108 valence electrons. The number of rotatable bonds is 5. The van der Waals surface area contributed by atoms with Crippen LogP contribution in [0.3, 0.4) is 0 Å². The average Bonchev–Trinajstić information content (AvgIpc) is 3.14. The molecule has 1 aromatic heterocycles. The Labute approximate surface area is 117 Å². The summed E-state index contributed by atoms with van der Waals surface area (Å²) < 4.78 is 1.73. The summed E-state index contributed by atoms with van der Waals surface area (Å²) in [5.74, 6) is 0.516. The van der Waals surface area contributed by atoms with E-state index in [0.717, 1.165) is 38.8 Å². The molecule has 1 aliphatic heterocycles. The van der Waals surface area contributed by atoms with Crippen LogP contribution in [0.15, 0.2) is 17.2 Å². The second-order valence-corrected chi connectivity index (χ2v) is 5.48. The van der Waals surface area contributed by atoms with Gasteiger partial charge in [-0.2, -0.15) is 0 Å². The van der Waals surface area contributed by atoms with Crippen LogP contribution in [-0.4, -0.2) is 40.0 Å². The lowest BCUT2D eigenvalue weighted by Gasteiger charge is -2.15. The number of carbonyl (C=O) groups is 1. The lowest BCUT2D eigenvalue weighted by Crippen LogP contribution is -2.30. The molecule has 0 unspecified atom stereocenters. The smallest absolute Gasteiger partial charge is 0.293 e. The molecule has 6 nitrogen and oxygen atoms in total. The number of hydrogen-bond donors (Lipinski definition) is 1. The number of aromatic nitrogens is 2. The van der Waals surface area contributed by atoms with Gasteiger partial charge in [-0.3, -0.25) is 9.59 Å². The minimum atomic E-state index is -0.0800. The minimum absolute atomic E-state index is 0.0800. The molecule has 2 aliphatic rings. The lowest BCUT2D eigenvalue weighted by molar-refractivity contribution is -0.129. The Morgan fingerprint density at radius 1 is 1.35 bits per heavy atom. The number of nitrogens with one attached hydrogen (secondary N) is 1. The van der Waals surface area contributed by atoms with Gasteiger partial charge in [0, 0.05) is 44.5 Å². The monoisotopic (exact) mass is 276 g/mol. The second kappa shape index (κ2) is 5.64. The van der Waals surface area contributed by atoms with E-state index in [1.54, 1.807) is 17.0 Å². The summed E-state index contributed by atoms with van der Waals surface area (Å²) >= 11 is 0. The van der Waals surface area contributed by atoms with Gasteiger partial charge in [-0.25, -0.2) is 4.98 Å². The molecule has 1 N–H and O–H groups in total. The number of carbonyl (C=O) groups excluding carboxylic acids is 1. The highest BCUT2D eigenvalue weighted by Gasteiger charge is 2.25. The SMILES string of the molecule is O=C(CCNc1nccn(C2CC2)c1=O)N1CCCC1. The molecule has 1 amide bonds. The third-order valence-corrected chi connectivity index (χ3v) is 3.90. The van der Waals surface area contributed by atoms with Crippen molar-refractivity contribution in [1.82, 2.24) is 14.5 Å². The van der Waals surface area contributed by atoms with Crippen LogP contribution in [0, 0.1) is 0 Å². The molecule has 0 atom stereocenters. The number of amides is 1. The molecule has 20 heavy (non-hydrogen) atoms. The van der Waals surface area contributed by atoms with E-state index in [1.807, 2.05) is 4.90 Å². The first kappa shape index (κ1) is 13.1. The van der Waals surface area contributed by atoms with Gasteiger partial charge in [-0.15, -0.1) is 0 Å². The van der Waals surface area contributed by atoms with Crippen LogP contribution in [-0.2, 0) is 4.79 Å². The Kier molecular flexibility index (Phi) is 3.71. The van der Waals surface area contributed by atoms with Crippen molar-refractivity contribution in [3.63, 3.8) is 0 Å². The normalized spacial score (nSPS) is 18.3. The number of hydrogen-bond acceptors (Lipinski definition) is 4. The van der Waals surface area contributed by atoms with Crippen molar-refractivity contribution >= 4 is 11.7 Å². The number of likely N-dealkylation sites (tertiary alicyclic amines) is 1. The molecule has 0 spiro atoms. The second-order valence-electron chi connectivity index (χ2n) is 5.48. The van der Waals surface area contributed by atoms with Crippen LogP contribution in [0.5, 0.6) is 0 Å². The van der Waals surface area contributed by atoms with Gasteiger partial charge in [0.25, 0.3) is 5.56 Å². The molecule has 6 heteroatoms. The van der Waals surface area contributed by atoms with Crippen LogP contribution in [0.25, 0.3) is 0 Å². The van der Waals surface area contributed by atoms with Crippen LogP contribution >= 0.6 is 0 Å². The van der Waals surface area contributed by atoms with Crippen molar-refractivity contribution in [2.24, 2.45) is 0 Å². The summed E-state index contributed by atoms with van der Waals surface area (Å²) in [6.45, 7) is 2.21. The highest BCUT2D eigenvalue weighted by atomic mass is 16.2. The zero-order valence-electron chi connectivity index (χ0n) is 11.5. The maximum absolute atomic E-state index is 12.1. The molecule has 2 fully saturated rings. The van der Waals surface area contributed by atoms with Gasteiger partial charge in [-0.05, 0) is 25.7 Å². The Hall–Kier alpha value is -1.85. The molecule has 2 heterocycles. The standard InChI is InChI=1S/C14H20N4O2/c19-12(17-8-1-2-9-17)5-6-15-13-14(20)18(10-7-16-13)11-3-4-11/h7,10-11H,1-6,8-9H2,(H,15,16). The predicted octanol–water partition coefficient (Wildman–Crippen LogP) is 1.00. The molecule has 1 aromatic rings. The molecule has 1 saturated carbocycles.